The van der Waals surface area contributed by atoms with Crippen molar-refractivity contribution in [1.29, 1.82) is 0 Å². The molecule has 1 aliphatic heterocycles. The van der Waals surface area contributed by atoms with E-state index in [2.05, 4.69) is 4.98 Å². The van der Waals surface area contributed by atoms with Gasteiger partial charge in [-0.3, -0.25) is 9.59 Å². The molecule has 0 atom stereocenters. The van der Waals surface area contributed by atoms with E-state index in [4.69, 9.17) is 4.74 Å². The van der Waals surface area contributed by atoms with E-state index in [1.54, 1.807) is 53.4 Å². The second-order valence-corrected chi connectivity index (χ2v) is 6.67. The summed E-state index contributed by atoms with van der Waals surface area (Å²) in [4.78, 5) is 33.2. The predicted octanol–water partition coefficient (Wildman–Crippen LogP) is 2.41. The van der Waals surface area contributed by atoms with Gasteiger partial charge in [-0.15, -0.1) is 11.8 Å². The fourth-order valence-corrected chi connectivity index (χ4v) is 3.48. The van der Waals surface area contributed by atoms with Crippen molar-refractivity contribution in [2.75, 3.05) is 39.5 Å². The predicted molar refractivity (Wildman–Crippen MR) is 101 cm³/mol. The van der Waals surface area contributed by atoms with Gasteiger partial charge in [-0.1, -0.05) is 6.07 Å². The molecule has 0 aliphatic carbocycles. The van der Waals surface area contributed by atoms with Crippen LogP contribution in [-0.4, -0.2) is 66.1 Å². The maximum atomic E-state index is 12.8. The Morgan fingerprint density at radius 3 is 2.38 bits per heavy atom. The third-order valence-corrected chi connectivity index (χ3v) is 5.08. The Balaban J connectivity index is 1.65. The first-order valence-corrected chi connectivity index (χ1v) is 9.58. The summed E-state index contributed by atoms with van der Waals surface area (Å²) in [6.07, 6.45) is 3.59. The summed E-state index contributed by atoms with van der Waals surface area (Å²) in [5, 5.41) is 0.729. The van der Waals surface area contributed by atoms with Gasteiger partial charge < -0.3 is 14.5 Å². The lowest BCUT2D eigenvalue weighted by Gasteiger charge is -2.35. The molecule has 0 radical (unpaired) electrons. The lowest BCUT2D eigenvalue weighted by molar-refractivity contribution is 0.0533. The number of methoxy groups -OCH3 is 1. The number of piperazine rings is 1. The number of pyridine rings is 1. The molecule has 2 amide bonds. The molecule has 1 aromatic heterocycles. The fraction of sp³-hybridized carbons (Fsp3) is 0.316. The van der Waals surface area contributed by atoms with Crippen LogP contribution in [0.2, 0.25) is 0 Å². The van der Waals surface area contributed by atoms with Gasteiger partial charge in [-0.05, 0) is 36.6 Å². The van der Waals surface area contributed by atoms with Crippen LogP contribution >= 0.6 is 11.8 Å². The van der Waals surface area contributed by atoms with Crippen LogP contribution in [0, 0.1) is 0 Å². The van der Waals surface area contributed by atoms with Crippen LogP contribution in [-0.2, 0) is 0 Å². The maximum absolute atomic E-state index is 12.8. The molecule has 7 heteroatoms. The highest BCUT2D eigenvalue weighted by Gasteiger charge is 2.26. The number of thioether (sulfide) groups is 1. The van der Waals surface area contributed by atoms with E-state index in [1.807, 2.05) is 12.3 Å². The number of aromatic nitrogens is 1. The molecule has 0 N–H and O–H groups in total. The summed E-state index contributed by atoms with van der Waals surface area (Å²) >= 11 is 1.46. The first kappa shape index (κ1) is 18.3. The van der Waals surface area contributed by atoms with Crippen molar-refractivity contribution in [3.63, 3.8) is 0 Å². The van der Waals surface area contributed by atoms with Gasteiger partial charge in [0, 0.05) is 37.9 Å². The highest BCUT2D eigenvalue weighted by atomic mass is 32.2. The number of hydrogen-bond acceptors (Lipinski definition) is 5. The topological polar surface area (TPSA) is 62.7 Å². The summed E-state index contributed by atoms with van der Waals surface area (Å²) in [5.41, 5.74) is 1.22. The van der Waals surface area contributed by atoms with Gasteiger partial charge in [-0.25, -0.2) is 4.98 Å². The SMILES string of the molecule is COc1cccc(C(=O)N2CCN(C(=O)c3cccnc3SC)CC2)c1. The number of carbonyl (C=O) groups is 2. The molecule has 2 aromatic rings. The highest BCUT2D eigenvalue weighted by Crippen LogP contribution is 2.20. The molecule has 1 aliphatic rings. The minimum absolute atomic E-state index is 0.0315. The van der Waals surface area contributed by atoms with Crippen molar-refractivity contribution in [2.24, 2.45) is 0 Å². The molecule has 136 valence electrons. The lowest BCUT2D eigenvalue weighted by Crippen LogP contribution is -2.50. The summed E-state index contributed by atoms with van der Waals surface area (Å²) in [6, 6.07) is 10.7. The smallest absolute Gasteiger partial charge is 0.256 e. The van der Waals surface area contributed by atoms with Gasteiger partial charge in [0.25, 0.3) is 11.8 Å². The van der Waals surface area contributed by atoms with E-state index < -0.39 is 0 Å². The van der Waals surface area contributed by atoms with E-state index >= 15 is 0 Å². The zero-order chi connectivity index (χ0) is 18.5. The van der Waals surface area contributed by atoms with Crippen LogP contribution in [0.1, 0.15) is 20.7 Å². The van der Waals surface area contributed by atoms with Crippen LogP contribution in [0.25, 0.3) is 0 Å². The van der Waals surface area contributed by atoms with Gasteiger partial charge in [-0.2, -0.15) is 0 Å². The van der Waals surface area contributed by atoms with Crippen LogP contribution < -0.4 is 4.74 Å². The number of rotatable bonds is 4. The Morgan fingerprint density at radius 1 is 1.04 bits per heavy atom. The molecule has 1 aromatic carbocycles. The Bertz CT molecular complexity index is 804. The Labute approximate surface area is 157 Å². The number of hydrogen-bond donors (Lipinski definition) is 0. The van der Waals surface area contributed by atoms with Crippen molar-refractivity contribution in [1.82, 2.24) is 14.8 Å². The molecule has 0 bridgehead atoms. The Hall–Kier alpha value is -2.54. The molecule has 1 saturated heterocycles. The number of carbonyl (C=O) groups excluding carboxylic acids is 2. The molecule has 0 unspecified atom stereocenters. The monoisotopic (exact) mass is 371 g/mol. The van der Waals surface area contributed by atoms with Crippen LogP contribution in [0.4, 0.5) is 0 Å². The lowest BCUT2D eigenvalue weighted by atomic mass is 10.1. The molecule has 6 nitrogen and oxygen atoms in total. The zero-order valence-corrected chi connectivity index (χ0v) is 15.7. The number of benzene rings is 1. The second-order valence-electron chi connectivity index (χ2n) is 5.88. The number of amides is 2. The van der Waals surface area contributed by atoms with Crippen molar-refractivity contribution < 1.29 is 14.3 Å². The average molecular weight is 371 g/mol. The van der Waals surface area contributed by atoms with Crippen LogP contribution in [0.15, 0.2) is 47.6 Å². The van der Waals surface area contributed by atoms with Gasteiger partial charge >= 0.3 is 0 Å². The maximum Gasteiger partial charge on any atom is 0.256 e. The average Bonchev–Trinajstić information content (AvgIpc) is 2.72. The van der Waals surface area contributed by atoms with Crippen molar-refractivity contribution >= 4 is 23.6 Å². The Morgan fingerprint density at radius 2 is 1.73 bits per heavy atom. The summed E-state index contributed by atoms with van der Waals surface area (Å²) in [6.45, 7) is 2.04. The van der Waals surface area contributed by atoms with E-state index in [-0.39, 0.29) is 11.8 Å². The van der Waals surface area contributed by atoms with E-state index in [0.29, 0.717) is 43.1 Å². The fourth-order valence-electron chi connectivity index (χ4n) is 2.94. The van der Waals surface area contributed by atoms with Crippen molar-refractivity contribution in [3.05, 3.63) is 53.7 Å². The minimum Gasteiger partial charge on any atom is -0.497 e. The highest BCUT2D eigenvalue weighted by molar-refractivity contribution is 7.98. The molecule has 0 spiro atoms. The quantitative estimate of drug-likeness (QED) is 0.773. The number of nitrogens with zero attached hydrogens (tertiary/aromatic N) is 3. The van der Waals surface area contributed by atoms with E-state index in [1.165, 1.54) is 11.8 Å². The van der Waals surface area contributed by atoms with Gasteiger partial charge in [0.05, 0.1) is 12.7 Å². The first-order chi connectivity index (χ1) is 12.6. The third-order valence-electron chi connectivity index (χ3n) is 4.37. The summed E-state index contributed by atoms with van der Waals surface area (Å²) in [7, 11) is 1.58. The number of ether oxygens (including phenoxy) is 1. The Kier molecular flexibility index (Phi) is 5.78. The molecular weight excluding hydrogens is 350 g/mol. The normalized spacial score (nSPS) is 14.2. The standard InChI is InChI=1S/C19H21N3O3S/c1-25-15-6-3-5-14(13-15)18(23)21-9-11-22(12-10-21)19(24)16-7-4-8-20-17(16)26-2/h3-8,13H,9-12H2,1-2H3. The summed E-state index contributed by atoms with van der Waals surface area (Å²) < 4.78 is 5.18. The van der Waals surface area contributed by atoms with Crippen LogP contribution in [0.3, 0.4) is 0 Å². The van der Waals surface area contributed by atoms with Crippen LogP contribution in [0.5, 0.6) is 5.75 Å². The van der Waals surface area contributed by atoms with E-state index in [9.17, 15) is 9.59 Å². The van der Waals surface area contributed by atoms with Crippen molar-refractivity contribution in [2.45, 2.75) is 5.03 Å². The van der Waals surface area contributed by atoms with Gasteiger partial charge in [0.1, 0.15) is 10.8 Å². The molecule has 26 heavy (non-hydrogen) atoms. The molecule has 3 rings (SSSR count). The first-order valence-electron chi connectivity index (χ1n) is 8.35. The summed E-state index contributed by atoms with van der Waals surface area (Å²) in [5.74, 6) is 0.587. The van der Waals surface area contributed by atoms with E-state index in [0.717, 1.165) is 5.03 Å². The second kappa shape index (κ2) is 8.23. The zero-order valence-electron chi connectivity index (χ0n) is 14.8. The molecule has 0 saturated carbocycles. The van der Waals surface area contributed by atoms with Crippen molar-refractivity contribution in [3.8, 4) is 5.75 Å². The largest absolute Gasteiger partial charge is 0.497 e. The molecule has 1 fully saturated rings. The molecular formula is C19H21N3O3S. The third kappa shape index (κ3) is 3.83. The van der Waals surface area contributed by atoms with Gasteiger partial charge in [0.2, 0.25) is 0 Å². The molecule has 2 heterocycles. The van der Waals surface area contributed by atoms with Gasteiger partial charge in [0.15, 0.2) is 0 Å². The minimum atomic E-state index is -0.0396.